The van der Waals surface area contributed by atoms with Crippen LogP contribution in [0.4, 0.5) is 0 Å². The lowest BCUT2D eigenvalue weighted by molar-refractivity contribution is -0.0819. The van der Waals surface area contributed by atoms with E-state index in [0.29, 0.717) is 12.8 Å². The highest BCUT2D eigenvalue weighted by molar-refractivity contribution is 7.10. The van der Waals surface area contributed by atoms with Crippen LogP contribution in [0, 0.1) is 6.92 Å². The second-order valence-electron chi connectivity index (χ2n) is 3.70. The summed E-state index contributed by atoms with van der Waals surface area (Å²) in [5.41, 5.74) is -0.147. The Bertz CT molecular complexity index is 289. The Morgan fingerprint density at radius 3 is 2.36 bits per heavy atom. The van der Waals surface area contributed by atoms with Crippen LogP contribution in [0.3, 0.4) is 0 Å². The number of hydrogen-bond acceptors (Lipinski definition) is 3. The summed E-state index contributed by atoms with van der Waals surface area (Å²) in [6.07, 6.45) is 0.376. The predicted molar refractivity (Wildman–Crippen MR) is 59.5 cm³/mol. The van der Waals surface area contributed by atoms with Crippen LogP contribution in [0.5, 0.6) is 0 Å². The van der Waals surface area contributed by atoms with Crippen LogP contribution >= 0.6 is 11.3 Å². The van der Waals surface area contributed by atoms with Crippen molar-refractivity contribution >= 4 is 11.3 Å². The summed E-state index contributed by atoms with van der Waals surface area (Å²) in [4.78, 5) is 1.16. The van der Waals surface area contributed by atoms with Crippen molar-refractivity contribution in [3.8, 4) is 0 Å². The first-order valence-electron chi connectivity index (χ1n) is 4.99. The molecule has 2 N–H and O–H groups in total. The lowest BCUT2D eigenvalue weighted by Crippen LogP contribution is -2.34. The standard InChI is InChI=1S/C11H18O2S/c1-4-11(13,5-2)10(12)9-6-8(3)14-7-9/h6-7,10,12-13H,4-5H2,1-3H3. The van der Waals surface area contributed by atoms with E-state index in [1.807, 2.05) is 32.2 Å². The third-order valence-electron chi connectivity index (χ3n) is 2.80. The van der Waals surface area contributed by atoms with Crippen molar-refractivity contribution in [1.29, 1.82) is 0 Å². The van der Waals surface area contributed by atoms with Crippen LogP contribution in [-0.2, 0) is 0 Å². The van der Waals surface area contributed by atoms with E-state index in [2.05, 4.69) is 0 Å². The maximum absolute atomic E-state index is 10.1. The largest absolute Gasteiger partial charge is 0.387 e. The van der Waals surface area contributed by atoms with Gasteiger partial charge in [0.05, 0.1) is 5.60 Å². The zero-order valence-electron chi connectivity index (χ0n) is 8.95. The van der Waals surface area contributed by atoms with E-state index in [0.717, 1.165) is 10.4 Å². The summed E-state index contributed by atoms with van der Waals surface area (Å²) >= 11 is 1.60. The SMILES string of the molecule is CCC(O)(CC)C(O)c1csc(C)c1. The van der Waals surface area contributed by atoms with Gasteiger partial charge in [-0.1, -0.05) is 13.8 Å². The minimum absolute atomic E-state index is 0.569. The number of aliphatic hydroxyl groups excluding tert-OH is 1. The van der Waals surface area contributed by atoms with Gasteiger partial charge in [0.1, 0.15) is 6.10 Å². The molecule has 0 aliphatic heterocycles. The van der Waals surface area contributed by atoms with Crippen molar-refractivity contribution in [2.45, 2.75) is 45.3 Å². The first kappa shape index (κ1) is 11.7. The lowest BCUT2D eigenvalue weighted by atomic mass is 9.87. The van der Waals surface area contributed by atoms with Gasteiger partial charge < -0.3 is 10.2 Å². The van der Waals surface area contributed by atoms with Gasteiger partial charge in [-0.3, -0.25) is 0 Å². The van der Waals surface area contributed by atoms with Gasteiger partial charge in [-0.05, 0) is 36.8 Å². The molecule has 0 fully saturated rings. The third-order valence-corrected chi connectivity index (χ3v) is 3.68. The van der Waals surface area contributed by atoms with Crippen LogP contribution in [0.15, 0.2) is 11.4 Å². The van der Waals surface area contributed by atoms with Crippen LogP contribution in [0.2, 0.25) is 0 Å². The van der Waals surface area contributed by atoms with E-state index in [4.69, 9.17) is 0 Å². The van der Waals surface area contributed by atoms with Gasteiger partial charge in [0, 0.05) is 4.88 Å². The summed E-state index contributed by atoms with van der Waals surface area (Å²) < 4.78 is 0. The molecular weight excluding hydrogens is 196 g/mol. The Labute approximate surface area is 89.2 Å². The van der Waals surface area contributed by atoms with Crippen molar-refractivity contribution in [1.82, 2.24) is 0 Å². The summed E-state index contributed by atoms with van der Waals surface area (Å²) in [7, 11) is 0. The molecular formula is C11H18O2S. The van der Waals surface area contributed by atoms with Crippen LogP contribution in [-0.4, -0.2) is 15.8 Å². The van der Waals surface area contributed by atoms with Gasteiger partial charge in [-0.2, -0.15) is 0 Å². The number of hydrogen-bond donors (Lipinski definition) is 2. The maximum Gasteiger partial charge on any atom is 0.108 e. The fraction of sp³-hybridized carbons (Fsp3) is 0.636. The molecule has 1 aromatic heterocycles. The number of aryl methyl sites for hydroxylation is 1. The molecule has 1 heterocycles. The van der Waals surface area contributed by atoms with Gasteiger partial charge in [0.15, 0.2) is 0 Å². The average molecular weight is 214 g/mol. The molecule has 0 saturated heterocycles. The van der Waals surface area contributed by atoms with Gasteiger partial charge in [0.2, 0.25) is 0 Å². The summed E-state index contributed by atoms with van der Waals surface area (Å²) in [5.74, 6) is 0. The van der Waals surface area contributed by atoms with E-state index in [1.54, 1.807) is 11.3 Å². The van der Waals surface area contributed by atoms with Crippen molar-refractivity contribution in [3.63, 3.8) is 0 Å². The fourth-order valence-electron chi connectivity index (χ4n) is 1.55. The van der Waals surface area contributed by atoms with Crippen LogP contribution in [0.1, 0.15) is 43.2 Å². The molecule has 0 bridgehead atoms. The lowest BCUT2D eigenvalue weighted by Gasteiger charge is -2.30. The van der Waals surface area contributed by atoms with Crippen molar-refractivity contribution in [2.24, 2.45) is 0 Å². The molecule has 1 aromatic rings. The predicted octanol–water partition coefficient (Wildman–Crippen LogP) is 2.64. The maximum atomic E-state index is 10.1. The fourth-order valence-corrected chi connectivity index (χ4v) is 2.28. The minimum Gasteiger partial charge on any atom is -0.387 e. The molecule has 0 aliphatic carbocycles. The zero-order chi connectivity index (χ0) is 10.8. The molecule has 0 amide bonds. The highest BCUT2D eigenvalue weighted by atomic mass is 32.1. The average Bonchev–Trinajstić information content (AvgIpc) is 2.62. The molecule has 0 aliphatic rings. The number of thiophene rings is 1. The van der Waals surface area contributed by atoms with Gasteiger partial charge in [-0.15, -0.1) is 11.3 Å². The Hall–Kier alpha value is -0.380. The molecule has 2 nitrogen and oxygen atoms in total. The molecule has 0 saturated carbocycles. The quantitative estimate of drug-likeness (QED) is 0.809. The first-order valence-corrected chi connectivity index (χ1v) is 5.87. The van der Waals surface area contributed by atoms with Crippen molar-refractivity contribution in [2.75, 3.05) is 0 Å². The molecule has 3 heteroatoms. The van der Waals surface area contributed by atoms with Gasteiger partial charge >= 0.3 is 0 Å². The van der Waals surface area contributed by atoms with Crippen molar-refractivity contribution in [3.05, 3.63) is 21.9 Å². The van der Waals surface area contributed by atoms with E-state index in [1.165, 1.54) is 0 Å². The van der Waals surface area contributed by atoms with E-state index in [-0.39, 0.29) is 0 Å². The molecule has 1 atom stereocenters. The van der Waals surface area contributed by atoms with Crippen molar-refractivity contribution < 1.29 is 10.2 Å². The molecule has 0 aromatic carbocycles. The van der Waals surface area contributed by atoms with E-state index in [9.17, 15) is 10.2 Å². The van der Waals surface area contributed by atoms with Gasteiger partial charge in [-0.25, -0.2) is 0 Å². The molecule has 80 valence electrons. The number of aliphatic hydroxyl groups is 2. The Morgan fingerprint density at radius 2 is 2.00 bits per heavy atom. The highest BCUT2D eigenvalue weighted by Crippen LogP contribution is 2.33. The molecule has 14 heavy (non-hydrogen) atoms. The van der Waals surface area contributed by atoms with E-state index < -0.39 is 11.7 Å². The molecule has 1 rings (SSSR count). The summed E-state index contributed by atoms with van der Waals surface area (Å²) in [5, 5.41) is 22.0. The second kappa shape index (κ2) is 4.43. The van der Waals surface area contributed by atoms with Crippen LogP contribution < -0.4 is 0 Å². The molecule has 1 unspecified atom stereocenters. The topological polar surface area (TPSA) is 40.5 Å². The van der Waals surface area contributed by atoms with Gasteiger partial charge in [0.25, 0.3) is 0 Å². The van der Waals surface area contributed by atoms with E-state index >= 15 is 0 Å². The molecule has 0 spiro atoms. The molecule has 0 radical (unpaired) electrons. The normalized spacial score (nSPS) is 14.4. The zero-order valence-corrected chi connectivity index (χ0v) is 9.77. The Morgan fingerprint density at radius 1 is 1.43 bits per heavy atom. The summed E-state index contributed by atoms with van der Waals surface area (Å²) in [6, 6.07) is 1.94. The Kier molecular flexibility index (Phi) is 3.70. The summed E-state index contributed by atoms with van der Waals surface area (Å²) in [6.45, 7) is 5.79. The first-order chi connectivity index (χ1) is 6.53. The number of rotatable bonds is 4. The minimum atomic E-state index is -0.979. The monoisotopic (exact) mass is 214 g/mol. The van der Waals surface area contributed by atoms with Crippen LogP contribution in [0.25, 0.3) is 0 Å². The highest BCUT2D eigenvalue weighted by Gasteiger charge is 2.33. The third kappa shape index (κ3) is 2.16. The second-order valence-corrected chi connectivity index (χ2v) is 4.82. The smallest absolute Gasteiger partial charge is 0.108 e. The Balaban J connectivity index is 2.88.